The summed E-state index contributed by atoms with van der Waals surface area (Å²) in [5, 5.41) is 14.0. The Balaban J connectivity index is 3.15. The van der Waals surface area contributed by atoms with Gasteiger partial charge in [-0.15, -0.1) is 0 Å². The molecule has 1 N–H and O–H groups in total. The summed E-state index contributed by atoms with van der Waals surface area (Å²) in [6, 6.07) is 0. The van der Waals surface area contributed by atoms with E-state index in [0.717, 1.165) is 0 Å². The number of nitrogens with one attached hydrogen (secondary N) is 1. The molecule has 0 aliphatic carbocycles. The fraction of sp³-hybridized carbons (Fsp3) is 0.667. The molecule has 0 spiro atoms. The predicted octanol–water partition coefficient (Wildman–Crippen LogP) is 1.65. The average Bonchev–Trinajstić information content (AvgIpc) is 2.37. The van der Waals surface area contributed by atoms with Crippen LogP contribution in [0.15, 0.2) is 0 Å². The van der Waals surface area contributed by atoms with E-state index in [9.17, 15) is 10.1 Å². The molecule has 0 fully saturated rings. The molecule has 0 aliphatic rings. The molecule has 8 heteroatoms. The molecule has 20 heavy (non-hydrogen) atoms. The van der Waals surface area contributed by atoms with Gasteiger partial charge >= 0.3 is 5.69 Å². The van der Waals surface area contributed by atoms with Crippen LogP contribution < -0.4 is 10.1 Å². The molecule has 1 rings (SSSR count). The summed E-state index contributed by atoms with van der Waals surface area (Å²) in [5.74, 6) is 0.991. The van der Waals surface area contributed by atoms with Crippen molar-refractivity contribution in [1.29, 1.82) is 0 Å². The number of aromatic nitrogens is 2. The Bertz CT molecular complexity index is 465. The summed E-state index contributed by atoms with van der Waals surface area (Å²) in [7, 11) is 2.91. The molecule has 1 aromatic rings. The smallest absolute Gasteiger partial charge is 0.372 e. The van der Waals surface area contributed by atoms with Crippen LogP contribution in [0, 0.1) is 16.0 Å². The molecule has 0 atom stereocenters. The van der Waals surface area contributed by atoms with E-state index < -0.39 is 4.92 Å². The SMILES string of the molecule is COCCNc1nc(CC(C)C)nc(OC)c1[N+](=O)[O-]. The number of ether oxygens (including phenoxy) is 2. The number of rotatable bonds is 8. The van der Waals surface area contributed by atoms with Crippen LogP contribution >= 0.6 is 0 Å². The lowest BCUT2D eigenvalue weighted by Crippen LogP contribution is -2.14. The van der Waals surface area contributed by atoms with Gasteiger partial charge in [-0.05, 0) is 5.92 Å². The molecule has 0 aromatic carbocycles. The van der Waals surface area contributed by atoms with Gasteiger partial charge in [-0.3, -0.25) is 10.1 Å². The Morgan fingerprint density at radius 3 is 2.55 bits per heavy atom. The largest absolute Gasteiger partial charge is 0.476 e. The van der Waals surface area contributed by atoms with Crippen molar-refractivity contribution in [3.8, 4) is 5.88 Å². The molecule has 0 amide bonds. The fourth-order valence-corrected chi connectivity index (χ4v) is 1.64. The Hall–Kier alpha value is -1.96. The van der Waals surface area contributed by atoms with Gasteiger partial charge in [-0.1, -0.05) is 13.8 Å². The Morgan fingerprint density at radius 1 is 1.35 bits per heavy atom. The normalized spacial score (nSPS) is 10.7. The van der Waals surface area contributed by atoms with Crippen molar-refractivity contribution < 1.29 is 14.4 Å². The van der Waals surface area contributed by atoms with E-state index in [1.807, 2.05) is 13.8 Å². The first-order valence-electron chi connectivity index (χ1n) is 6.31. The predicted molar refractivity (Wildman–Crippen MR) is 74.1 cm³/mol. The standard InChI is InChI=1S/C12H20N4O4/c1-8(2)7-9-14-11(13-5-6-19-3)10(16(17)18)12(15-9)20-4/h8H,5-7H2,1-4H3,(H,13,14,15). The molecule has 0 saturated carbocycles. The van der Waals surface area contributed by atoms with E-state index in [-0.39, 0.29) is 17.4 Å². The highest BCUT2D eigenvalue weighted by atomic mass is 16.6. The third-order valence-electron chi connectivity index (χ3n) is 2.46. The van der Waals surface area contributed by atoms with Crippen LogP contribution in [0.4, 0.5) is 11.5 Å². The summed E-state index contributed by atoms with van der Waals surface area (Å²) < 4.78 is 9.92. The van der Waals surface area contributed by atoms with Gasteiger partial charge in [-0.2, -0.15) is 4.98 Å². The minimum absolute atomic E-state index is 0.0273. The molecule has 1 heterocycles. The summed E-state index contributed by atoms with van der Waals surface area (Å²) in [5.41, 5.74) is -0.254. The van der Waals surface area contributed by atoms with E-state index in [4.69, 9.17) is 9.47 Å². The van der Waals surface area contributed by atoms with Gasteiger partial charge in [0.15, 0.2) is 0 Å². The number of nitro groups is 1. The third kappa shape index (κ3) is 4.30. The first-order valence-corrected chi connectivity index (χ1v) is 6.31. The highest BCUT2D eigenvalue weighted by Crippen LogP contribution is 2.31. The second kappa shape index (κ2) is 7.59. The first kappa shape index (κ1) is 16.1. The Morgan fingerprint density at radius 2 is 2.05 bits per heavy atom. The lowest BCUT2D eigenvalue weighted by atomic mass is 10.1. The topological polar surface area (TPSA) is 99.4 Å². The lowest BCUT2D eigenvalue weighted by molar-refractivity contribution is -0.385. The van der Waals surface area contributed by atoms with Crippen molar-refractivity contribution in [2.24, 2.45) is 5.92 Å². The molecule has 0 unspecified atom stereocenters. The van der Waals surface area contributed by atoms with Crippen molar-refractivity contribution >= 4 is 11.5 Å². The maximum Gasteiger partial charge on any atom is 0.372 e. The minimum Gasteiger partial charge on any atom is -0.476 e. The van der Waals surface area contributed by atoms with E-state index >= 15 is 0 Å². The van der Waals surface area contributed by atoms with Gasteiger partial charge in [-0.25, -0.2) is 4.98 Å². The zero-order chi connectivity index (χ0) is 15.1. The number of anilines is 1. The zero-order valence-electron chi connectivity index (χ0n) is 12.2. The molecule has 0 aliphatic heterocycles. The molecule has 0 radical (unpaired) electrons. The van der Waals surface area contributed by atoms with Gasteiger partial charge in [0.2, 0.25) is 5.82 Å². The van der Waals surface area contributed by atoms with E-state index in [0.29, 0.717) is 31.3 Å². The van der Waals surface area contributed by atoms with Crippen molar-refractivity contribution in [2.45, 2.75) is 20.3 Å². The van der Waals surface area contributed by atoms with Crippen LogP contribution in [0.3, 0.4) is 0 Å². The van der Waals surface area contributed by atoms with Crippen molar-refractivity contribution in [3.05, 3.63) is 15.9 Å². The van der Waals surface area contributed by atoms with Crippen molar-refractivity contribution in [3.63, 3.8) is 0 Å². The van der Waals surface area contributed by atoms with Crippen molar-refractivity contribution in [1.82, 2.24) is 9.97 Å². The summed E-state index contributed by atoms with van der Waals surface area (Å²) in [4.78, 5) is 18.9. The number of methoxy groups -OCH3 is 2. The van der Waals surface area contributed by atoms with Crippen molar-refractivity contribution in [2.75, 3.05) is 32.7 Å². The van der Waals surface area contributed by atoms with Crippen LogP contribution in [0.5, 0.6) is 5.88 Å². The van der Waals surface area contributed by atoms with E-state index in [2.05, 4.69) is 15.3 Å². The van der Waals surface area contributed by atoms with Gasteiger partial charge in [0, 0.05) is 20.1 Å². The lowest BCUT2D eigenvalue weighted by Gasteiger charge is -2.11. The van der Waals surface area contributed by atoms with Gasteiger partial charge in [0.1, 0.15) is 5.82 Å². The van der Waals surface area contributed by atoms with Crippen LogP contribution in [0.25, 0.3) is 0 Å². The maximum atomic E-state index is 11.1. The minimum atomic E-state index is -0.548. The Kier molecular flexibility index (Phi) is 6.10. The molecular weight excluding hydrogens is 264 g/mol. The zero-order valence-corrected chi connectivity index (χ0v) is 12.2. The molecule has 0 bridgehead atoms. The summed E-state index contributed by atoms with van der Waals surface area (Å²) >= 11 is 0. The molecule has 8 nitrogen and oxygen atoms in total. The fourth-order valence-electron chi connectivity index (χ4n) is 1.64. The third-order valence-corrected chi connectivity index (χ3v) is 2.46. The number of hydrogen-bond donors (Lipinski definition) is 1. The molecule has 0 saturated heterocycles. The van der Waals surface area contributed by atoms with Crippen LogP contribution in [-0.4, -0.2) is 42.3 Å². The summed E-state index contributed by atoms with van der Waals surface area (Å²) in [6.07, 6.45) is 0.618. The highest BCUT2D eigenvalue weighted by Gasteiger charge is 2.25. The quantitative estimate of drug-likeness (QED) is 0.440. The second-order valence-corrected chi connectivity index (χ2v) is 4.62. The Labute approximate surface area is 117 Å². The molecule has 1 aromatic heterocycles. The van der Waals surface area contributed by atoms with Crippen LogP contribution in [0.2, 0.25) is 0 Å². The second-order valence-electron chi connectivity index (χ2n) is 4.62. The van der Waals surface area contributed by atoms with E-state index in [1.54, 1.807) is 7.11 Å². The molecular formula is C12H20N4O4. The maximum absolute atomic E-state index is 11.1. The number of nitrogens with zero attached hydrogens (tertiary/aromatic N) is 3. The summed E-state index contributed by atoms with van der Waals surface area (Å²) in [6.45, 7) is 4.88. The van der Waals surface area contributed by atoms with E-state index in [1.165, 1.54) is 7.11 Å². The van der Waals surface area contributed by atoms with Gasteiger partial charge in [0.05, 0.1) is 18.6 Å². The van der Waals surface area contributed by atoms with Crippen LogP contribution in [0.1, 0.15) is 19.7 Å². The van der Waals surface area contributed by atoms with Gasteiger partial charge < -0.3 is 14.8 Å². The van der Waals surface area contributed by atoms with Gasteiger partial charge in [0.25, 0.3) is 5.88 Å². The average molecular weight is 284 g/mol. The number of hydrogen-bond acceptors (Lipinski definition) is 7. The first-order chi connectivity index (χ1) is 9.49. The highest BCUT2D eigenvalue weighted by molar-refractivity contribution is 5.61. The monoisotopic (exact) mass is 284 g/mol. The molecule has 112 valence electrons. The van der Waals surface area contributed by atoms with Crippen LogP contribution in [-0.2, 0) is 11.2 Å².